The summed E-state index contributed by atoms with van der Waals surface area (Å²) in [5, 5.41) is 3.57. The molecule has 1 aromatic heterocycles. The van der Waals surface area contributed by atoms with Crippen molar-refractivity contribution < 1.29 is 18.7 Å². The van der Waals surface area contributed by atoms with Crippen LogP contribution in [0.2, 0.25) is 0 Å². The van der Waals surface area contributed by atoms with Crippen molar-refractivity contribution in [1.82, 2.24) is 15.1 Å². The molecule has 3 heterocycles. The van der Waals surface area contributed by atoms with E-state index < -0.39 is 0 Å². The van der Waals surface area contributed by atoms with Gasteiger partial charge in [-0.05, 0) is 18.1 Å². The number of hydrogen-bond donors (Lipinski definition) is 1. The Hall–Kier alpha value is -1.86. The number of furan rings is 1. The van der Waals surface area contributed by atoms with Crippen molar-refractivity contribution >= 4 is 11.8 Å². The molecule has 7 nitrogen and oxygen atoms in total. The van der Waals surface area contributed by atoms with Gasteiger partial charge in [-0.3, -0.25) is 14.9 Å². The highest BCUT2D eigenvalue weighted by Gasteiger charge is 2.52. The SMILES string of the molecule is COCCN1C(=O)C(C(C)C)NC12CCN(C(=O)c1ccco1)CC2. The minimum Gasteiger partial charge on any atom is -0.459 e. The summed E-state index contributed by atoms with van der Waals surface area (Å²) < 4.78 is 10.4. The van der Waals surface area contributed by atoms with Gasteiger partial charge in [-0.15, -0.1) is 0 Å². The molecule has 2 fully saturated rings. The highest BCUT2D eigenvalue weighted by Crippen LogP contribution is 2.34. The smallest absolute Gasteiger partial charge is 0.289 e. The standard InChI is InChI=1S/C18H27N3O4/c1-13(2)15-17(23)21(10-12-24-3)18(19-15)6-8-20(9-7-18)16(22)14-5-4-11-25-14/h4-5,11,13,15,19H,6-10,12H2,1-3H3. The number of rotatable bonds is 5. The Labute approximate surface area is 148 Å². The summed E-state index contributed by atoms with van der Waals surface area (Å²) in [7, 11) is 1.64. The maximum Gasteiger partial charge on any atom is 0.289 e. The van der Waals surface area contributed by atoms with Crippen LogP contribution in [-0.2, 0) is 9.53 Å². The Bertz CT molecular complexity index is 606. The fraction of sp³-hybridized carbons (Fsp3) is 0.667. The number of likely N-dealkylation sites (tertiary alicyclic amines) is 1. The third-order valence-corrected chi connectivity index (χ3v) is 5.27. The van der Waals surface area contributed by atoms with Gasteiger partial charge in [0.25, 0.3) is 5.91 Å². The lowest BCUT2D eigenvalue weighted by molar-refractivity contribution is -0.134. The second-order valence-corrected chi connectivity index (χ2v) is 7.15. The van der Waals surface area contributed by atoms with E-state index in [0.29, 0.717) is 44.8 Å². The van der Waals surface area contributed by atoms with Crippen LogP contribution in [0, 0.1) is 5.92 Å². The molecule has 2 amide bonds. The highest BCUT2D eigenvalue weighted by atomic mass is 16.5. The molecule has 0 aromatic carbocycles. The number of ether oxygens (including phenoxy) is 1. The monoisotopic (exact) mass is 349 g/mol. The Kier molecular flexibility index (Phi) is 5.15. The Morgan fingerprint density at radius 2 is 2.16 bits per heavy atom. The molecule has 0 radical (unpaired) electrons. The van der Waals surface area contributed by atoms with Gasteiger partial charge in [-0.1, -0.05) is 13.8 Å². The molecule has 0 aliphatic carbocycles. The first-order valence-corrected chi connectivity index (χ1v) is 8.89. The molecule has 0 saturated carbocycles. The zero-order valence-corrected chi connectivity index (χ0v) is 15.2. The molecule has 1 aromatic rings. The average Bonchev–Trinajstić information content (AvgIpc) is 3.22. The lowest BCUT2D eigenvalue weighted by Gasteiger charge is -2.44. The third kappa shape index (κ3) is 3.30. The van der Waals surface area contributed by atoms with Crippen LogP contribution in [-0.4, -0.2) is 66.7 Å². The van der Waals surface area contributed by atoms with Crippen molar-refractivity contribution in [2.75, 3.05) is 33.4 Å². The van der Waals surface area contributed by atoms with Gasteiger partial charge in [0.2, 0.25) is 5.91 Å². The molecule has 3 rings (SSSR count). The van der Waals surface area contributed by atoms with Crippen molar-refractivity contribution in [3.8, 4) is 0 Å². The second kappa shape index (κ2) is 7.17. The molecule has 1 spiro atoms. The maximum absolute atomic E-state index is 12.8. The van der Waals surface area contributed by atoms with Crippen LogP contribution in [0.15, 0.2) is 22.8 Å². The van der Waals surface area contributed by atoms with E-state index in [0.717, 1.165) is 0 Å². The zero-order valence-electron chi connectivity index (χ0n) is 15.2. The Balaban J connectivity index is 1.72. The number of nitrogens with zero attached hydrogens (tertiary/aromatic N) is 2. The number of amides is 2. The molecule has 138 valence electrons. The zero-order chi connectivity index (χ0) is 18.0. The highest BCUT2D eigenvalue weighted by molar-refractivity contribution is 5.91. The fourth-order valence-corrected chi connectivity index (χ4v) is 3.82. The van der Waals surface area contributed by atoms with Gasteiger partial charge >= 0.3 is 0 Å². The molecule has 7 heteroatoms. The minimum absolute atomic E-state index is 0.0898. The lowest BCUT2D eigenvalue weighted by Crippen LogP contribution is -2.60. The number of nitrogens with one attached hydrogen (secondary N) is 1. The second-order valence-electron chi connectivity index (χ2n) is 7.15. The number of carbonyl (C=O) groups is 2. The summed E-state index contributed by atoms with van der Waals surface area (Å²) >= 11 is 0. The van der Waals surface area contributed by atoms with Crippen molar-refractivity contribution in [2.24, 2.45) is 5.92 Å². The summed E-state index contributed by atoms with van der Waals surface area (Å²) in [5.74, 6) is 0.633. The number of methoxy groups -OCH3 is 1. The van der Waals surface area contributed by atoms with E-state index in [1.54, 1.807) is 24.1 Å². The number of piperidine rings is 1. The van der Waals surface area contributed by atoms with Crippen LogP contribution in [0.5, 0.6) is 0 Å². The Morgan fingerprint density at radius 3 is 2.72 bits per heavy atom. The first-order chi connectivity index (χ1) is 12.0. The maximum atomic E-state index is 12.8. The van der Waals surface area contributed by atoms with E-state index in [2.05, 4.69) is 19.2 Å². The fourth-order valence-electron chi connectivity index (χ4n) is 3.82. The van der Waals surface area contributed by atoms with Crippen LogP contribution < -0.4 is 5.32 Å². The van der Waals surface area contributed by atoms with Crippen LogP contribution in [0.4, 0.5) is 0 Å². The van der Waals surface area contributed by atoms with E-state index in [4.69, 9.17) is 9.15 Å². The normalized spacial score (nSPS) is 23.0. The molecule has 0 bridgehead atoms. The van der Waals surface area contributed by atoms with Gasteiger partial charge in [0, 0.05) is 39.6 Å². The molecule has 25 heavy (non-hydrogen) atoms. The summed E-state index contributed by atoms with van der Waals surface area (Å²) in [6, 6.07) is 3.23. The van der Waals surface area contributed by atoms with Gasteiger partial charge in [0.05, 0.1) is 24.6 Å². The molecular formula is C18H27N3O4. The molecule has 2 saturated heterocycles. The van der Waals surface area contributed by atoms with Crippen LogP contribution >= 0.6 is 0 Å². The van der Waals surface area contributed by atoms with E-state index in [-0.39, 0.29) is 29.4 Å². The molecule has 2 aliphatic heterocycles. The van der Waals surface area contributed by atoms with Gasteiger partial charge in [0.1, 0.15) is 0 Å². The number of carbonyl (C=O) groups excluding carboxylic acids is 2. The van der Waals surface area contributed by atoms with Crippen molar-refractivity contribution in [2.45, 2.75) is 38.4 Å². The quantitative estimate of drug-likeness (QED) is 0.868. The van der Waals surface area contributed by atoms with E-state index in [1.807, 2.05) is 4.90 Å². The molecular weight excluding hydrogens is 322 g/mol. The summed E-state index contributed by atoms with van der Waals surface area (Å²) in [5.41, 5.74) is -0.384. The van der Waals surface area contributed by atoms with Gasteiger partial charge in [0.15, 0.2) is 5.76 Å². The average molecular weight is 349 g/mol. The topological polar surface area (TPSA) is 75.0 Å². The van der Waals surface area contributed by atoms with E-state index >= 15 is 0 Å². The molecule has 1 N–H and O–H groups in total. The molecule has 1 atom stereocenters. The van der Waals surface area contributed by atoms with E-state index in [9.17, 15) is 9.59 Å². The minimum atomic E-state index is -0.384. The van der Waals surface area contributed by atoms with Crippen LogP contribution in [0.25, 0.3) is 0 Å². The molecule has 2 aliphatic rings. The van der Waals surface area contributed by atoms with Gasteiger partial charge in [-0.25, -0.2) is 0 Å². The van der Waals surface area contributed by atoms with Gasteiger partial charge < -0.3 is 19.0 Å². The first-order valence-electron chi connectivity index (χ1n) is 8.89. The predicted octanol–water partition coefficient (Wildman–Crippen LogP) is 1.31. The van der Waals surface area contributed by atoms with Crippen molar-refractivity contribution in [1.29, 1.82) is 0 Å². The summed E-state index contributed by atoms with van der Waals surface area (Å²) in [6.07, 6.45) is 2.92. The largest absolute Gasteiger partial charge is 0.459 e. The lowest BCUT2D eigenvalue weighted by atomic mass is 9.95. The predicted molar refractivity (Wildman–Crippen MR) is 91.9 cm³/mol. The van der Waals surface area contributed by atoms with Crippen LogP contribution in [0.3, 0.4) is 0 Å². The summed E-state index contributed by atoms with van der Waals surface area (Å²) in [4.78, 5) is 29.0. The third-order valence-electron chi connectivity index (χ3n) is 5.27. The first kappa shape index (κ1) is 17.9. The summed E-state index contributed by atoms with van der Waals surface area (Å²) in [6.45, 7) is 6.37. The van der Waals surface area contributed by atoms with Crippen LogP contribution in [0.1, 0.15) is 37.2 Å². The van der Waals surface area contributed by atoms with Crippen molar-refractivity contribution in [3.63, 3.8) is 0 Å². The molecule has 1 unspecified atom stereocenters. The Morgan fingerprint density at radius 1 is 1.44 bits per heavy atom. The van der Waals surface area contributed by atoms with E-state index in [1.165, 1.54) is 6.26 Å². The van der Waals surface area contributed by atoms with Crippen molar-refractivity contribution in [3.05, 3.63) is 24.2 Å². The van der Waals surface area contributed by atoms with Gasteiger partial charge in [-0.2, -0.15) is 0 Å². The number of hydrogen-bond acceptors (Lipinski definition) is 5.